The van der Waals surface area contributed by atoms with Gasteiger partial charge in [0.2, 0.25) is 11.7 Å². The summed E-state index contributed by atoms with van der Waals surface area (Å²) in [7, 11) is 1.76. The number of anilines is 3. The largest absolute Gasteiger partial charge is 0.471 e. The highest BCUT2D eigenvalue weighted by Crippen LogP contribution is 2.34. The third kappa shape index (κ3) is 7.25. The number of hydrogen-bond donors (Lipinski definition) is 2. The van der Waals surface area contributed by atoms with Crippen LogP contribution in [0.1, 0.15) is 43.2 Å². The lowest BCUT2D eigenvalue weighted by atomic mass is 9.83. The second-order valence-corrected chi connectivity index (χ2v) is 10.9. The summed E-state index contributed by atoms with van der Waals surface area (Å²) in [5, 5.41) is 10.7. The highest BCUT2D eigenvalue weighted by Gasteiger charge is 2.43. The van der Waals surface area contributed by atoms with Crippen LogP contribution in [0.4, 0.5) is 43.8 Å². The summed E-state index contributed by atoms with van der Waals surface area (Å²) < 4.78 is 78.6. The van der Waals surface area contributed by atoms with Crippen LogP contribution in [0.5, 0.6) is 0 Å². The van der Waals surface area contributed by atoms with Gasteiger partial charge in [0.1, 0.15) is 5.82 Å². The van der Waals surface area contributed by atoms with Crippen LogP contribution in [0.15, 0.2) is 36.8 Å². The molecular formula is C28H29F6N7O2. The molecule has 1 fully saturated rings. The van der Waals surface area contributed by atoms with Gasteiger partial charge in [0.05, 0.1) is 6.20 Å². The highest BCUT2D eigenvalue weighted by atomic mass is 19.4. The molecule has 15 heteroatoms. The maximum Gasteiger partial charge on any atom is 0.471 e. The van der Waals surface area contributed by atoms with E-state index in [9.17, 15) is 35.9 Å². The Kier molecular flexibility index (Phi) is 8.34. The predicted molar refractivity (Wildman–Crippen MR) is 144 cm³/mol. The van der Waals surface area contributed by atoms with Gasteiger partial charge in [0.25, 0.3) is 0 Å². The minimum absolute atomic E-state index is 0.0212. The molecule has 2 aliphatic rings. The van der Waals surface area contributed by atoms with E-state index in [1.165, 1.54) is 0 Å². The van der Waals surface area contributed by atoms with Gasteiger partial charge >= 0.3 is 18.3 Å². The third-order valence-electron chi connectivity index (χ3n) is 7.79. The Hall–Kier alpha value is -4.17. The van der Waals surface area contributed by atoms with Gasteiger partial charge in [-0.3, -0.25) is 14.3 Å². The fraction of sp³-hybridized carbons (Fsp3) is 0.464. The van der Waals surface area contributed by atoms with Crippen LogP contribution in [0.3, 0.4) is 0 Å². The van der Waals surface area contributed by atoms with Crippen molar-refractivity contribution in [3.8, 4) is 11.1 Å². The van der Waals surface area contributed by atoms with E-state index >= 15 is 0 Å². The minimum atomic E-state index is -4.94. The van der Waals surface area contributed by atoms with E-state index in [-0.39, 0.29) is 31.0 Å². The van der Waals surface area contributed by atoms with Crippen molar-refractivity contribution in [2.24, 2.45) is 13.0 Å². The van der Waals surface area contributed by atoms with E-state index in [0.717, 1.165) is 16.0 Å². The van der Waals surface area contributed by atoms with Crippen LogP contribution in [0.2, 0.25) is 0 Å². The molecule has 1 aromatic carbocycles. The van der Waals surface area contributed by atoms with Crippen LogP contribution in [-0.4, -0.2) is 61.3 Å². The number of halogens is 6. The number of aromatic nitrogens is 4. The molecule has 1 aliphatic heterocycles. The van der Waals surface area contributed by atoms with Crippen LogP contribution in [0.25, 0.3) is 11.1 Å². The van der Waals surface area contributed by atoms with Gasteiger partial charge in [-0.1, -0.05) is 6.07 Å². The number of fused-ring (bicyclic) bond motifs is 1. The molecule has 3 aromatic rings. The number of aryl methyl sites for hydroxylation is 1. The summed E-state index contributed by atoms with van der Waals surface area (Å²) in [6, 6.07) is 5.12. The third-order valence-corrected chi connectivity index (χ3v) is 7.79. The fourth-order valence-corrected chi connectivity index (χ4v) is 5.52. The Morgan fingerprint density at radius 1 is 1.00 bits per heavy atom. The molecule has 43 heavy (non-hydrogen) atoms. The van der Waals surface area contributed by atoms with Gasteiger partial charge < -0.3 is 15.5 Å². The zero-order chi connectivity index (χ0) is 30.9. The molecule has 2 N–H and O–H groups in total. The maximum atomic E-state index is 13.0. The Morgan fingerprint density at radius 2 is 1.74 bits per heavy atom. The summed E-state index contributed by atoms with van der Waals surface area (Å²) in [5.41, 5.74) is 3.35. The van der Waals surface area contributed by atoms with Gasteiger partial charge in [-0.15, -0.1) is 0 Å². The van der Waals surface area contributed by atoms with Crippen molar-refractivity contribution in [3.63, 3.8) is 0 Å². The molecule has 0 bridgehead atoms. The molecule has 9 nitrogen and oxygen atoms in total. The van der Waals surface area contributed by atoms with Crippen molar-refractivity contribution >= 4 is 29.1 Å². The SMILES string of the molecule is Cn1cc(-c2cnc(Nc3ccc4c(c3)CN(C(=O)C(F)(F)F)CC4)nc2NC2CCC(CC(=O)C(F)(F)F)CC2)cn1. The van der Waals surface area contributed by atoms with Crippen molar-refractivity contribution in [2.75, 3.05) is 17.2 Å². The van der Waals surface area contributed by atoms with Crippen molar-refractivity contribution in [1.82, 2.24) is 24.6 Å². The topological polar surface area (TPSA) is 105 Å². The van der Waals surface area contributed by atoms with E-state index in [1.807, 2.05) is 0 Å². The lowest BCUT2D eigenvalue weighted by molar-refractivity contribution is -0.186. The molecule has 0 atom stereocenters. The second kappa shape index (κ2) is 11.8. The van der Waals surface area contributed by atoms with Crippen molar-refractivity contribution in [1.29, 1.82) is 0 Å². The van der Waals surface area contributed by atoms with Crippen molar-refractivity contribution in [2.45, 2.75) is 63.5 Å². The first-order chi connectivity index (χ1) is 20.3. The monoisotopic (exact) mass is 609 g/mol. The Labute approximate surface area is 242 Å². The molecule has 1 amide bonds. The molecule has 230 valence electrons. The number of alkyl halides is 6. The van der Waals surface area contributed by atoms with Crippen LogP contribution in [0, 0.1) is 5.92 Å². The zero-order valence-corrected chi connectivity index (χ0v) is 23.1. The number of rotatable bonds is 7. The Balaban J connectivity index is 1.32. The average molecular weight is 610 g/mol. The van der Waals surface area contributed by atoms with Crippen molar-refractivity contribution in [3.05, 3.63) is 47.9 Å². The number of carbonyl (C=O) groups excluding carboxylic acids is 2. The average Bonchev–Trinajstić information content (AvgIpc) is 3.38. The van der Waals surface area contributed by atoms with E-state index in [0.29, 0.717) is 54.7 Å². The second-order valence-electron chi connectivity index (χ2n) is 10.9. The van der Waals surface area contributed by atoms with Crippen molar-refractivity contribution < 1.29 is 35.9 Å². The Bertz CT molecular complexity index is 1500. The summed E-state index contributed by atoms with van der Waals surface area (Å²) in [4.78, 5) is 33.0. The fourth-order valence-electron chi connectivity index (χ4n) is 5.52. The molecule has 5 rings (SSSR count). The first-order valence-electron chi connectivity index (χ1n) is 13.7. The Morgan fingerprint density at radius 3 is 2.40 bits per heavy atom. The standard InChI is InChI=1S/C28H29F6N7O2/c1-40-14-19(12-36-40)22-13-35-26(39-24(22)37-20-5-2-16(3-6-20)10-23(42)27(29,30)31)38-21-7-4-17-8-9-41(15-18(17)11-21)25(43)28(32,33)34/h4,7,11-14,16,20H,2-3,5-6,8-10,15H2,1H3,(H2,35,37,38,39). The number of amides is 1. The normalized spacial score (nSPS) is 19.1. The minimum Gasteiger partial charge on any atom is -0.367 e. The molecule has 0 unspecified atom stereocenters. The van der Waals surface area contributed by atoms with Gasteiger partial charge in [0, 0.05) is 61.8 Å². The molecule has 1 aliphatic carbocycles. The number of ketones is 1. The summed E-state index contributed by atoms with van der Waals surface area (Å²) in [6.07, 6.45) is -2.93. The highest BCUT2D eigenvalue weighted by molar-refractivity contribution is 5.84. The quantitative estimate of drug-likeness (QED) is 0.338. The van der Waals surface area contributed by atoms with E-state index in [2.05, 4.69) is 25.7 Å². The first kappa shape index (κ1) is 30.3. The number of nitrogens with zero attached hydrogens (tertiary/aromatic N) is 5. The van der Waals surface area contributed by atoms with E-state index in [4.69, 9.17) is 0 Å². The van der Waals surface area contributed by atoms with Gasteiger partial charge in [-0.2, -0.15) is 36.4 Å². The first-order valence-corrected chi connectivity index (χ1v) is 13.7. The van der Waals surface area contributed by atoms with Gasteiger partial charge in [-0.05, 0) is 61.3 Å². The predicted octanol–water partition coefficient (Wildman–Crippen LogP) is 5.56. The molecule has 0 spiro atoms. The molecule has 1 saturated carbocycles. The van der Waals surface area contributed by atoms with Gasteiger partial charge in [0.15, 0.2) is 0 Å². The molecule has 0 radical (unpaired) electrons. The smallest absolute Gasteiger partial charge is 0.367 e. The number of carbonyl (C=O) groups is 2. The number of nitrogens with one attached hydrogen (secondary N) is 2. The van der Waals surface area contributed by atoms with Crippen LogP contribution >= 0.6 is 0 Å². The number of hydrogen-bond acceptors (Lipinski definition) is 7. The lowest BCUT2D eigenvalue weighted by Gasteiger charge is -2.30. The molecular weight excluding hydrogens is 580 g/mol. The molecule has 0 saturated heterocycles. The summed E-state index contributed by atoms with van der Waals surface area (Å²) >= 11 is 0. The lowest BCUT2D eigenvalue weighted by Crippen LogP contribution is -2.43. The van der Waals surface area contributed by atoms with Gasteiger partial charge in [-0.25, -0.2) is 4.98 Å². The zero-order valence-electron chi connectivity index (χ0n) is 23.1. The molecule has 3 heterocycles. The molecule has 2 aromatic heterocycles. The van der Waals surface area contributed by atoms with E-state index < -0.39 is 30.5 Å². The summed E-state index contributed by atoms with van der Waals surface area (Å²) in [5.74, 6) is -3.23. The van der Waals surface area contributed by atoms with Crippen LogP contribution in [-0.2, 0) is 29.6 Å². The summed E-state index contributed by atoms with van der Waals surface area (Å²) in [6.45, 7) is -0.194. The van der Waals surface area contributed by atoms with Crippen LogP contribution < -0.4 is 10.6 Å². The number of Topliss-reactive ketones (excluding diaryl/α,β-unsaturated/α-hetero) is 1. The number of benzene rings is 1. The van der Waals surface area contributed by atoms with E-state index in [1.54, 1.807) is 48.5 Å². The maximum absolute atomic E-state index is 13.0.